The van der Waals surface area contributed by atoms with Crippen molar-refractivity contribution in [3.63, 3.8) is 0 Å². The first-order valence-electron chi connectivity index (χ1n) is 8.24. The summed E-state index contributed by atoms with van der Waals surface area (Å²) in [7, 11) is 0. The summed E-state index contributed by atoms with van der Waals surface area (Å²) in [4.78, 5) is 11.2. The van der Waals surface area contributed by atoms with E-state index in [1.807, 2.05) is 36.4 Å². The average Bonchev–Trinajstić information content (AvgIpc) is 2.67. The van der Waals surface area contributed by atoms with E-state index in [1.54, 1.807) is 19.1 Å². The molecule has 0 bridgehead atoms. The van der Waals surface area contributed by atoms with Gasteiger partial charge in [-0.25, -0.2) is 4.79 Å². The lowest BCUT2D eigenvalue weighted by atomic mass is 10.0. The summed E-state index contributed by atoms with van der Waals surface area (Å²) in [5, 5.41) is 8.83. The predicted octanol–water partition coefficient (Wildman–Crippen LogP) is 3.74. The van der Waals surface area contributed by atoms with E-state index in [1.165, 1.54) is 0 Å². The number of ether oxygens (including phenoxy) is 3. The molecule has 0 aromatic heterocycles. The zero-order chi connectivity index (χ0) is 18.8. The van der Waals surface area contributed by atoms with Crippen LogP contribution in [0, 0.1) is 11.3 Å². The summed E-state index contributed by atoms with van der Waals surface area (Å²) in [6.07, 6.45) is 0. The summed E-state index contributed by atoms with van der Waals surface area (Å²) >= 11 is 0. The zero-order valence-electron chi connectivity index (χ0n) is 14.7. The average molecular weight is 351 g/mol. The normalized spacial score (nSPS) is 10.0. The molecule has 5 nitrogen and oxygen atoms in total. The highest BCUT2D eigenvalue weighted by atomic mass is 16.6. The highest BCUT2D eigenvalue weighted by Gasteiger charge is 2.02. The minimum atomic E-state index is -0.410. The third-order valence-corrected chi connectivity index (χ3v) is 3.51. The van der Waals surface area contributed by atoms with Gasteiger partial charge in [-0.15, -0.1) is 0 Å². The third-order valence-electron chi connectivity index (χ3n) is 3.51. The molecular formula is C21H21NO4. The minimum Gasteiger partial charge on any atom is -0.491 e. The second-order valence-electron chi connectivity index (χ2n) is 5.59. The first kappa shape index (κ1) is 19.2. The lowest BCUT2D eigenvalue weighted by Crippen LogP contribution is -2.13. The van der Waals surface area contributed by atoms with Crippen LogP contribution in [-0.2, 0) is 14.3 Å². The van der Waals surface area contributed by atoms with Gasteiger partial charge in [0.05, 0.1) is 24.8 Å². The summed E-state index contributed by atoms with van der Waals surface area (Å²) in [5.74, 6) is 0.340. The van der Waals surface area contributed by atoms with Crippen molar-refractivity contribution in [2.45, 2.75) is 6.92 Å². The molecule has 0 N–H and O–H groups in total. The van der Waals surface area contributed by atoms with Gasteiger partial charge in [-0.2, -0.15) is 5.26 Å². The molecule has 0 saturated heterocycles. The molecule has 134 valence electrons. The molecule has 2 aromatic rings. The predicted molar refractivity (Wildman–Crippen MR) is 98.7 cm³/mol. The number of nitriles is 1. The molecule has 0 atom stereocenters. The SMILES string of the molecule is C=C(C)C(=O)OCCOCCOc1ccc(-c2ccc(C#N)cc2)cc1. The largest absolute Gasteiger partial charge is 0.491 e. The Morgan fingerprint density at radius 1 is 0.962 bits per heavy atom. The van der Waals surface area contributed by atoms with Crippen molar-refractivity contribution < 1.29 is 19.0 Å². The minimum absolute atomic E-state index is 0.199. The Balaban J connectivity index is 1.68. The quantitative estimate of drug-likeness (QED) is 0.391. The lowest BCUT2D eigenvalue weighted by Gasteiger charge is -2.09. The fourth-order valence-electron chi connectivity index (χ4n) is 2.12. The number of esters is 1. The van der Waals surface area contributed by atoms with Gasteiger partial charge in [0, 0.05) is 5.57 Å². The maximum Gasteiger partial charge on any atom is 0.333 e. The summed E-state index contributed by atoms with van der Waals surface area (Å²) in [6, 6.07) is 17.3. The Labute approximate surface area is 153 Å². The summed E-state index contributed by atoms with van der Waals surface area (Å²) in [5.41, 5.74) is 3.11. The Hall–Kier alpha value is -3.10. The monoisotopic (exact) mass is 351 g/mol. The molecule has 0 fully saturated rings. The van der Waals surface area contributed by atoms with Crippen molar-refractivity contribution in [1.82, 2.24) is 0 Å². The standard InChI is InChI=1S/C21H21NO4/c1-16(2)21(23)26-14-12-24-11-13-25-20-9-7-19(8-10-20)18-5-3-17(15-22)4-6-18/h3-10H,1,11-14H2,2H3. The van der Waals surface area contributed by atoms with Crippen LogP contribution in [0.25, 0.3) is 11.1 Å². The molecule has 0 unspecified atom stereocenters. The Morgan fingerprint density at radius 2 is 1.54 bits per heavy atom. The molecule has 0 aliphatic rings. The van der Waals surface area contributed by atoms with E-state index in [0.717, 1.165) is 16.9 Å². The van der Waals surface area contributed by atoms with Crippen LogP contribution in [0.4, 0.5) is 0 Å². The Bertz CT molecular complexity index is 773. The second-order valence-corrected chi connectivity index (χ2v) is 5.59. The first-order chi connectivity index (χ1) is 12.6. The first-order valence-corrected chi connectivity index (χ1v) is 8.24. The topological polar surface area (TPSA) is 68.6 Å². The van der Waals surface area contributed by atoms with Gasteiger partial charge in [0.1, 0.15) is 19.0 Å². The molecule has 0 radical (unpaired) electrons. The van der Waals surface area contributed by atoms with E-state index < -0.39 is 5.97 Å². The number of nitrogens with zero attached hydrogens (tertiary/aromatic N) is 1. The number of carbonyl (C=O) groups excluding carboxylic acids is 1. The number of carbonyl (C=O) groups is 1. The van der Waals surface area contributed by atoms with Gasteiger partial charge in [0.25, 0.3) is 0 Å². The van der Waals surface area contributed by atoms with Crippen molar-refractivity contribution in [2.24, 2.45) is 0 Å². The van der Waals surface area contributed by atoms with Crippen LogP contribution in [0.2, 0.25) is 0 Å². The van der Waals surface area contributed by atoms with Gasteiger partial charge in [-0.05, 0) is 42.3 Å². The lowest BCUT2D eigenvalue weighted by molar-refractivity contribution is -0.140. The zero-order valence-corrected chi connectivity index (χ0v) is 14.7. The molecule has 0 amide bonds. The van der Waals surface area contributed by atoms with Gasteiger partial charge in [0.15, 0.2) is 0 Å². The smallest absolute Gasteiger partial charge is 0.333 e. The van der Waals surface area contributed by atoms with Crippen LogP contribution in [0.15, 0.2) is 60.7 Å². The second kappa shape index (κ2) is 10.0. The highest BCUT2D eigenvalue weighted by molar-refractivity contribution is 5.86. The molecule has 5 heteroatoms. The molecule has 0 spiro atoms. The van der Waals surface area contributed by atoms with Crippen LogP contribution in [0.1, 0.15) is 12.5 Å². The molecule has 2 aromatic carbocycles. The van der Waals surface area contributed by atoms with Crippen molar-refractivity contribution in [2.75, 3.05) is 26.4 Å². The van der Waals surface area contributed by atoms with Crippen LogP contribution < -0.4 is 4.74 Å². The molecule has 26 heavy (non-hydrogen) atoms. The number of hydrogen-bond acceptors (Lipinski definition) is 5. The van der Waals surface area contributed by atoms with Gasteiger partial charge in [0.2, 0.25) is 0 Å². The van der Waals surface area contributed by atoms with E-state index in [4.69, 9.17) is 19.5 Å². The van der Waals surface area contributed by atoms with E-state index in [2.05, 4.69) is 12.6 Å². The van der Waals surface area contributed by atoms with Gasteiger partial charge >= 0.3 is 5.97 Å². The van der Waals surface area contributed by atoms with Crippen molar-refractivity contribution in [1.29, 1.82) is 5.26 Å². The van der Waals surface area contributed by atoms with Gasteiger partial charge in [-0.1, -0.05) is 30.8 Å². The summed E-state index contributed by atoms with van der Waals surface area (Å²) in [6.45, 7) is 6.43. The fourth-order valence-corrected chi connectivity index (χ4v) is 2.12. The number of hydrogen-bond donors (Lipinski definition) is 0. The van der Waals surface area contributed by atoms with Gasteiger partial charge < -0.3 is 14.2 Å². The van der Waals surface area contributed by atoms with Crippen LogP contribution in [-0.4, -0.2) is 32.4 Å². The molecule has 0 heterocycles. The Morgan fingerprint density at radius 3 is 2.12 bits per heavy atom. The van der Waals surface area contributed by atoms with Gasteiger partial charge in [-0.3, -0.25) is 0 Å². The fraction of sp³-hybridized carbons (Fsp3) is 0.238. The maximum atomic E-state index is 11.2. The summed E-state index contributed by atoms with van der Waals surface area (Å²) < 4.78 is 15.9. The van der Waals surface area contributed by atoms with Crippen molar-refractivity contribution in [3.8, 4) is 22.9 Å². The Kier molecular flexibility index (Phi) is 7.41. The van der Waals surface area contributed by atoms with Crippen molar-refractivity contribution >= 4 is 5.97 Å². The van der Waals surface area contributed by atoms with Crippen LogP contribution in [0.5, 0.6) is 5.75 Å². The maximum absolute atomic E-state index is 11.2. The molecule has 0 aliphatic carbocycles. The highest BCUT2D eigenvalue weighted by Crippen LogP contribution is 2.22. The van der Waals surface area contributed by atoms with E-state index in [0.29, 0.717) is 31.0 Å². The van der Waals surface area contributed by atoms with E-state index in [9.17, 15) is 4.79 Å². The molecule has 0 aliphatic heterocycles. The molecule has 2 rings (SSSR count). The van der Waals surface area contributed by atoms with Crippen LogP contribution in [0.3, 0.4) is 0 Å². The molecular weight excluding hydrogens is 330 g/mol. The van der Waals surface area contributed by atoms with E-state index >= 15 is 0 Å². The van der Waals surface area contributed by atoms with E-state index in [-0.39, 0.29) is 6.61 Å². The van der Waals surface area contributed by atoms with Crippen LogP contribution >= 0.6 is 0 Å². The molecule has 0 saturated carbocycles. The number of rotatable bonds is 9. The number of benzene rings is 2. The van der Waals surface area contributed by atoms with Crippen molar-refractivity contribution in [3.05, 3.63) is 66.2 Å². The third kappa shape index (κ3) is 6.08.